The highest BCUT2D eigenvalue weighted by Crippen LogP contribution is 2.25. The standard InChI is InChI=1S/C15H14F2N2O/c1-2-19(13-9-4-3-8-12(13)18)15(20)14-10(16)6-5-7-11(14)17/h3-9H,2,18H2,1H3. The van der Waals surface area contributed by atoms with Crippen molar-refractivity contribution < 1.29 is 13.6 Å². The summed E-state index contributed by atoms with van der Waals surface area (Å²) >= 11 is 0. The van der Waals surface area contributed by atoms with Crippen molar-refractivity contribution in [2.45, 2.75) is 6.92 Å². The second-order valence-electron chi connectivity index (χ2n) is 4.20. The number of halogens is 2. The van der Waals surface area contributed by atoms with Gasteiger partial charge in [0.05, 0.1) is 11.4 Å². The molecule has 2 rings (SSSR count). The first-order valence-corrected chi connectivity index (χ1v) is 6.16. The van der Waals surface area contributed by atoms with Crippen molar-refractivity contribution in [2.24, 2.45) is 0 Å². The van der Waals surface area contributed by atoms with Crippen LogP contribution < -0.4 is 10.6 Å². The van der Waals surface area contributed by atoms with Gasteiger partial charge in [0.15, 0.2) is 0 Å². The zero-order chi connectivity index (χ0) is 14.7. The monoisotopic (exact) mass is 276 g/mol. The zero-order valence-corrected chi connectivity index (χ0v) is 10.9. The average Bonchev–Trinajstić information content (AvgIpc) is 2.41. The Labute approximate surface area is 115 Å². The van der Waals surface area contributed by atoms with Gasteiger partial charge in [-0.05, 0) is 31.2 Å². The van der Waals surface area contributed by atoms with Crippen LogP contribution in [0.3, 0.4) is 0 Å². The third kappa shape index (κ3) is 2.47. The molecule has 2 aromatic carbocycles. The highest BCUT2D eigenvalue weighted by atomic mass is 19.1. The molecule has 0 aliphatic carbocycles. The largest absolute Gasteiger partial charge is 0.397 e. The summed E-state index contributed by atoms with van der Waals surface area (Å²) < 4.78 is 27.4. The van der Waals surface area contributed by atoms with Crippen LogP contribution in [0.2, 0.25) is 0 Å². The molecule has 0 heterocycles. The van der Waals surface area contributed by atoms with Crippen LogP contribution in [0.1, 0.15) is 17.3 Å². The Kier molecular flexibility index (Phi) is 3.98. The maximum atomic E-state index is 13.7. The second-order valence-corrected chi connectivity index (χ2v) is 4.20. The lowest BCUT2D eigenvalue weighted by Gasteiger charge is -2.23. The molecule has 0 atom stereocenters. The van der Waals surface area contributed by atoms with Crippen molar-refractivity contribution in [3.8, 4) is 0 Å². The van der Waals surface area contributed by atoms with Gasteiger partial charge in [-0.3, -0.25) is 4.79 Å². The van der Waals surface area contributed by atoms with Gasteiger partial charge in [0.1, 0.15) is 17.2 Å². The molecule has 20 heavy (non-hydrogen) atoms. The Morgan fingerprint density at radius 1 is 1.10 bits per heavy atom. The molecule has 0 spiro atoms. The highest BCUT2D eigenvalue weighted by Gasteiger charge is 2.24. The summed E-state index contributed by atoms with van der Waals surface area (Å²) in [5.41, 5.74) is 6.04. The fraction of sp³-hybridized carbons (Fsp3) is 0.133. The van der Waals surface area contributed by atoms with Crippen molar-refractivity contribution in [1.29, 1.82) is 0 Å². The number of carbonyl (C=O) groups excluding carboxylic acids is 1. The van der Waals surface area contributed by atoms with E-state index in [0.717, 1.165) is 12.1 Å². The van der Waals surface area contributed by atoms with Crippen molar-refractivity contribution in [3.63, 3.8) is 0 Å². The average molecular weight is 276 g/mol. The quantitative estimate of drug-likeness (QED) is 0.875. The fourth-order valence-corrected chi connectivity index (χ4v) is 1.99. The molecule has 104 valence electrons. The van der Waals surface area contributed by atoms with Crippen LogP contribution in [0.15, 0.2) is 42.5 Å². The van der Waals surface area contributed by atoms with E-state index in [2.05, 4.69) is 0 Å². The third-order valence-electron chi connectivity index (χ3n) is 2.97. The van der Waals surface area contributed by atoms with Gasteiger partial charge in [-0.1, -0.05) is 18.2 Å². The first-order valence-electron chi connectivity index (χ1n) is 6.16. The van der Waals surface area contributed by atoms with Crippen molar-refractivity contribution in [2.75, 3.05) is 17.2 Å². The Morgan fingerprint density at radius 3 is 2.25 bits per heavy atom. The number of hydrogen-bond donors (Lipinski definition) is 1. The molecular formula is C15H14F2N2O. The van der Waals surface area contributed by atoms with Gasteiger partial charge in [0.2, 0.25) is 0 Å². The normalized spacial score (nSPS) is 10.3. The van der Waals surface area contributed by atoms with Gasteiger partial charge in [-0.25, -0.2) is 8.78 Å². The van der Waals surface area contributed by atoms with Gasteiger partial charge in [0.25, 0.3) is 5.91 Å². The Hall–Kier alpha value is -2.43. The minimum absolute atomic E-state index is 0.251. The molecule has 0 unspecified atom stereocenters. The first kappa shape index (κ1) is 14.0. The number of nitrogens with zero attached hydrogens (tertiary/aromatic N) is 1. The molecule has 5 heteroatoms. The predicted molar refractivity (Wildman–Crippen MR) is 74.6 cm³/mol. The van der Waals surface area contributed by atoms with Crippen LogP contribution in [0.5, 0.6) is 0 Å². The SMILES string of the molecule is CCN(C(=O)c1c(F)cccc1F)c1ccccc1N. The number of anilines is 2. The number of nitrogens with two attached hydrogens (primary N) is 1. The van der Waals surface area contributed by atoms with Gasteiger partial charge in [0, 0.05) is 6.54 Å². The molecule has 0 aliphatic rings. The summed E-state index contributed by atoms with van der Waals surface area (Å²) in [4.78, 5) is 13.6. The number of carbonyl (C=O) groups is 1. The fourth-order valence-electron chi connectivity index (χ4n) is 1.99. The predicted octanol–water partition coefficient (Wildman–Crippen LogP) is 3.21. The minimum atomic E-state index is -0.886. The first-order chi connectivity index (χ1) is 9.56. The number of benzene rings is 2. The molecule has 2 N–H and O–H groups in total. The van der Waals surface area contributed by atoms with E-state index in [1.54, 1.807) is 31.2 Å². The van der Waals surface area contributed by atoms with E-state index in [-0.39, 0.29) is 6.54 Å². The van der Waals surface area contributed by atoms with Crippen LogP contribution in [0.4, 0.5) is 20.2 Å². The topological polar surface area (TPSA) is 46.3 Å². The van der Waals surface area contributed by atoms with Crippen LogP contribution in [0.25, 0.3) is 0 Å². The lowest BCUT2D eigenvalue weighted by atomic mass is 10.1. The number of para-hydroxylation sites is 2. The highest BCUT2D eigenvalue weighted by molar-refractivity contribution is 6.07. The number of hydrogen-bond acceptors (Lipinski definition) is 2. The lowest BCUT2D eigenvalue weighted by molar-refractivity contribution is 0.0980. The maximum absolute atomic E-state index is 13.7. The van der Waals surface area contributed by atoms with E-state index in [1.165, 1.54) is 11.0 Å². The minimum Gasteiger partial charge on any atom is -0.397 e. The molecule has 0 saturated carbocycles. The molecule has 1 amide bonds. The van der Waals surface area contributed by atoms with E-state index in [4.69, 9.17) is 5.73 Å². The van der Waals surface area contributed by atoms with Crippen LogP contribution >= 0.6 is 0 Å². The Morgan fingerprint density at radius 2 is 1.70 bits per heavy atom. The molecule has 0 bridgehead atoms. The molecule has 0 radical (unpaired) electrons. The summed E-state index contributed by atoms with van der Waals surface area (Å²) in [6.07, 6.45) is 0. The Bertz CT molecular complexity index is 623. The summed E-state index contributed by atoms with van der Waals surface area (Å²) in [5.74, 6) is -2.52. The summed E-state index contributed by atoms with van der Waals surface area (Å²) in [5, 5.41) is 0. The summed E-state index contributed by atoms with van der Waals surface area (Å²) in [6.45, 7) is 1.96. The van der Waals surface area contributed by atoms with E-state index in [9.17, 15) is 13.6 Å². The molecule has 0 saturated heterocycles. The molecule has 0 aliphatic heterocycles. The Balaban J connectivity index is 2.48. The van der Waals surface area contributed by atoms with Crippen molar-refractivity contribution in [3.05, 3.63) is 59.7 Å². The van der Waals surface area contributed by atoms with Crippen molar-refractivity contribution >= 4 is 17.3 Å². The van der Waals surface area contributed by atoms with Crippen LogP contribution in [0, 0.1) is 11.6 Å². The van der Waals surface area contributed by atoms with E-state index < -0.39 is 23.1 Å². The van der Waals surface area contributed by atoms with Crippen LogP contribution in [-0.4, -0.2) is 12.5 Å². The number of amides is 1. The molecule has 2 aromatic rings. The zero-order valence-electron chi connectivity index (χ0n) is 10.9. The van der Waals surface area contributed by atoms with Gasteiger partial charge < -0.3 is 10.6 Å². The van der Waals surface area contributed by atoms with Gasteiger partial charge >= 0.3 is 0 Å². The van der Waals surface area contributed by atoms with Crippen LogP contribution in [-0.2, 0) is 0 Å². The van der Waals surface area contributed by atoms with Gasteiger partial charge in [-0.2, -0.15) is 0 Å². The molecule has 3 nitrogen and oxygen atoms in total. The van der Waals surface area contributed by atoms with E-state index >= 15 is 0 Å². The van der Waals surface area contributed by atoms with Crippen molar-refractivity contribution in [1.82, 2.24) is 0 Å². The maximum Gasteiger partial charge on any atom is 0.264 e. The molecule has 0 fully saturated rings. The molecular weight excluding hydrogens is 262 g/mol. The second kappa shape index (κ2) is 5.69. The van der Waals surface area contributed by atoms with E-state index in [0.29, 0.717) is 11.4 Å². The number of rotatable bonds is 3. The van der Waals surface area contributed by atoms with Gasteiger partial charge in [-0.15, -0.1) is 0 Å². The smallest absolute Gasteiger partial charge is 0.264 e. The summed E-state index contributed by atoms with van der Waals surface area (Å²) in [6, 6.07) is 10.0. The number of nitrogen functional groups attached to an aromatic ring is 1. The molecule has 0 aromatic heterocycles. The lowest BCUT2D eigenvalue weighted by Crippen LogP contribution is -2.32. The third-order valence-corrected chi connectivity index (χ3v) is 2.97. The van der Waals surface area contributed by atoms with E-state index in [1.807, 2.05) is 0 Å². The summed E-state index contributed by atoms with van der Waals surface area (Å²) in [7, 11) is 0.